The van der Waals surface area contributed by atoms with Crippen LogP contribution in [-0.4, -0.2) is 22.4 Å². The molecule has 1 aromatic carbocycles. The van der Waals surface area contributed by atoms with Crippen LogP contribution in [0.15, 0.2) is 23.6 Å². The maximum absolute atomic E-state index is 12.0. The van der Waals surface area contributed by atoms with E-state index >= 15 is 0 Å². The first-order valence-electron chi connectivity index (χ1n) is 6.41. The molecule has 2 rings (SSSR count). The zero-order valence-electron chi connectivity index (χ0n) is 11.8. The molecule has 0 unspecified atom stereocenters. The lowest BCUT2D eigenvalue weighted by molar-refractivity contribution is -0.385. The van der Waals surface area contributed by atoms with Crippen molar-refractivity contribution < 1.29 is 9.72 Å². The lowest BCUT2D eigenvalue weighted by Gasteiger charge is -2.05. The van der Waals surface area contributed by atoms with E-state index in [1.165, 1.54) is 18.2 Å². The number of carbonyl (C=O) groups excluding carboxylic acids is 1. The minimum Gasteiger partial charge on any atom is -0.352 e. The molecule has 0 aliphatic carbocycles. The monoisotopic (exact) mass is 305 g/mol. The summed E-state index contributed by atoms with van der Waals surface area (Å²) in [4.78, 5) is 26.6. The molecule has 0 radical (unpaired) electrons. The van der Waals surface area contributed by atoms with Crippen molar-refractivity contribution in [1.29, 1.82) is 0 Å². The highest BCUT2D eigenvalue weighted by molar-refractivity contribution is 7.09. The topological polar surface area (TPSA) is 85.1 Å². The van der Waals surface area contributed by atoms with Crippen molar-refractivity contribution in [2.45, 2.75) is 20.3 Å². The van der Waals surface area contributed by atoms with Crippen molar-refractivity contribution in [2.24, 2.45) is 0 Å². The number of aromatic nitrogens is 1. The Kier molecular flexibility index (Phi) is 4.64. The molecule has 6 nitrogen and oxygen atoms in total. The van der Waals surface area contributed by atoms with Gasteiger partial charge in [-0.2, -0.15) is 0 Å². The third kappa shape index (κ3) is 3.85. The van der Waals surface area contributed by atoms with Gasteiger partial charge in [0, 0.05) is 35.5 Å². The van der Waals surface area contributed by atoms with Crippen LogP contribution in [0.25, 0.3) is 0 Å². The van der Waals surface area contributed by atoms with E-state index in [0.717, 1.165) is 10.7 Å². The lowest BCUT2D eigenvalue weighted by atomic mass is 10.1. The minimum absolute atomic E-state index is 0.0181. The highest BCUT2D eigenvalue weighted by Crippen LogP contribution is 2.18. The second-order valence-electron chi connectivity index (χ2n) is 4.62. The van der Waals surface area contributed by atoms with Gasteiger partial charge in [-0.15, -0.1) is 11.3 Å². The van der Waals surface area contributed by atoms with Crippen LogP contribution in [0, 0.1) is 24.0 Å². The fourth-order valence-electron chi connectivity index (χ4n) is 1.93. The molecule has 21 heavy (non-hydrogen) atoms. The van der Waals surface area contributed by atoms with Crippen molar-refractivity contribution in [3.8, 4) is 0 Å². The summed E-state index contributed by atoms with van der Waals surface area (Å²) in [7, 11) is 0. The summed E-state index contributed by atoms with van der Waals surface area (Å²) in [6.07, 6.45) is 0.669. The number of amides is 1. The van der Waals surface area contributed by atoms with Gasteiger partial charge in [0.15, 0.2) is 0 Å². The van der Waals surface area contributed by atoms with Crippen LogP contribution in [0.1, 0.15) is 26.6 Å². The summed E-state index contributed by atoms with van der Waals surface area (Å²) < 4.78 is 0. The number of carbonyl (C=O) groups is 1. The van der Waals surface area contributed by atoms with E-state index in [9.17, 15) is 14.9 Å². The Labute approximate surface area is 126 Å². The first-order valence-corrected chi connectivity index (χ1v) is 7.29. The summed E-state index contributed by atoms with van der Waals surface area (Å²) in [5.41, 5.74) is 1.87. The molecule has 0 saturated carbocycles. The molecule has 1 amide bonds. The molecule has 2 aromatic rings. The fourth-order valence-corrected chi connectivity index (χ4v) is 2.58. The van der Waals surface area contributed by atoms with Gasteiger partial charge < -0.3 is 5.32 Å². The molecular weight excluding hydrogens is 290 g/mol. The molecule has 0 bridgehead atoms. The van der Waals surface area contributed by atoms with Gasteiger partial charge in [-0.05, 0) is 26.0 Å². The quantitative estimate of drug-likeness (QED) is 0.679. The number of hydrogen-bond donors (Lipinski definition) is 1. The van der Waals surface area contributed by atoms with E-state index in [4.69, 9.17) is 0 Å². The zero-order valence-corrected chi connectivity index (χ0v) is 12.6. The molecule has 1 heterocycles. The summed E-state index contributed by atoms with van der Waals surface area (Å²) in [6.45, 7) is 4.04. The Morgan fingerprint density at radius 3 is 2.76 bits per heavy atom. The highest BCUT2D eigenvalue weighted by Gasteiger charge is 2.13. The Bertz CT molecular complexity index is 682. The number of nitro benzene ring substituents is 1. The number of thiazole rings is 1. The van der Waals surface area contributed by atoms with Gasteiger partial charge in [-0.3, -0.25) is 14.9 Å². The Hall–Kier alpha value is -2.28. The van der Waals surface area contributed by atoms with Crippen molar-refractivity contribution in [3.05, 3.63) is 55.5 Å². The summed E-state index contributed by atoms with van der Waals surface area (Å²) in [5, 5.41) is 16.5. The van der Waals surface area contributed by atoms with Crippen LogP contribution < -0.4 is 5.32 Å². The molecule has 0 aliphatic rings. The van der Waals surface area contributed by atoms with Crippen LogP contribution in [0.4, 0.5) is 5.69 Å². The van der Waals surface area contributed by atoms with Crippen LogP contribution >= 0.6 is 11.3 Å². The van der Waals surface area contributed by atoms with Crippen LogP contribution in [0.5, 0.6) is 0 Å². The van der Waals surface area contributed by atoms with Gasteiger partial charge in [0.1, 0.15) is 0 Å². The molecule has 0 spiro atoms. The molecule has 0 aliphatic heterocycles. The van der Waals surface area contributed by atoms with E-state index in [1.807, 2.05) is 12.3 Å². The average Bonchev–Trinajstić information content (AvgIpc) is 2.83. The van der Waals surface area contributed by atoms with E-state index < -0.39 is 4.92 Å². The molecule has 0 atom stereocenters. The van der Waals surface area contributed by atoms with Gasteiger partial charge in [0.25, 0.3) is 11.6 Å². The molecule has 1 N–H and O–H groups in total. The zero-order chi connectivity index (χ0) is 15.4. The SMILES string of the molecule is Cc1nc(CCNC(=O)c2ccc([N+](=O)[O-])c(C)c2)cs1. The summed E-state index contributed by atoms with van der Waals surface area (Å²) >= 11 is 1.58. The Balaban J connectivity index is 1.94. The smallest absolute Gasteiger partial charge is 0.272 e. The molecule has 110 valence electrons. The van der Waals surface area contributed by atoms with Gasteiger partial charge >= 0.3 is 0 Å². The fraction of sp³-hybridized carbons (Fsp3) is 0.286. The van der Waals surface area contributed by atoms with Crippen molar-refractivity contribution >= 4 is 22.9 Å². The number of nitro groups is 1. The molecule has 0 saturated heterocycles. The maximum Gasteiger partial charge on any atom is 0.272 e. The van der Waals surface area contributed by atoms with Gasteiger partial charge in [0.2, 0.25) is 0 Å². The van der Waals surface area contributed by atoms with Crippen molar-refractivity contribution in [3.63, 3.8) is 0 Å². The van der Waals surface area contributed by atoms with Gasteiger partial charge in [0.05, 0.1) is 15.6 Å². The number of benzene rings is 1. The summed E-state index contributed by atoms with van der Waals surface area (Å²) in [6, 6.07) is 4.35. The second-order valence-corrected chi connectivity index (χ2v) is 5.68. The van der Waals surface area contributed by atoms with Crippen LogP contribution in [0.3, 0.4) is 0 Å². The Morgan fingerprint density at radius 1 is 1.43 bits per heavy atom. The Morgan fingerprint density at radius 2 is 2.19 bits per heavy atom. The molecule has 1 aromatic heterocycles. The average molecular weight is 305 g/mol. The second kappa shape index (κ2) is 6.45. The van der Waals surface area contributed by atoms with Crippen molar-refractivity contribution in [2.75, 3.05) is 6.54 Å². The first kappa shape index (κ1) is 15.1. The maximum atomic E-state index is 12.0. The normalized spacial score (nSPS) is 10.4. The summed E-state index contributed by atoms with van der Waals surface area (Å²) in [5.74, 6) is -0.236. The number of nitrogens with zero attached hydrogens (tertiary/aromatic N) is 2. The molecule has 7 heteroatoms. The van der Waals surface area contributed by atoms with Gasteiger partial charge in [-0.25, -0.2) is 4.98 Å². The predicted molar refractivity (Wildman–Crippen MR) is 80.7 cm³/mol. The minimum atomic E-state index is -0.457. The van der Waals surface area contributed by atoms with Crippen LogP contribution in [0.2, 0.25) is 0 Å². The largest absolute Gasteiger partial charge is 0.352 e. The number of nitrogens with one attached hydrogen (secondary N) is 1. The molecular formula is C14H15N3O3S. The standard InChI is InChI=1S/C14H15N3O3S/c1-9-7-11(3-4-13(9)17(19)20)14(18)15-6-5-12-8-21-10(2)16-12/h3-4,7-8H,5-6H2,1-2H3,(H,15,18). The van der Waals surface area contributed by atoms with Crippen molar-refractivity contribution in [1.82, 2.24) is 10.3 Å². The highest BCUT2D eigenvalue weighted by atomic mass is 32.1. The van der Waals surface area contributed by atoms with E-state index in [2.05, 4.69) is 10.3 Å². The molecule has 0 fully saturated rings. The number of hydrogen-bond acceptors (Lipinski definition) is 5. The van der Waals surface area contributed by atoms with E-state index in [1.54, 1.807) is 18.3 Å². The number of aryl methyl sites for hydroxylation is 2. The lowest BCUT2D eigenvalue weighted by Crippen LogP contribution is -2.25. The predicted octanol–water partition coefficient (Wildman–Crippen LogP) is 2.64. The number of rotatable bonds is 5. The van der Waals surface area contributed by atoms with Gasteiger partial charge in [-0.1, -0.05) is 0 Å². The van der Waals surface area contributed by atoms with E-state index in [-0.39, 0.29) is 11.6 Å². The third-order valence-electron chi connectivity index (χ3n) is 2.99. The third-order valence-corrected chi connectivity index (χ3v) is 3.81. The van der Waals surface area contributed by atoms with E-state index in [0.29, 0.717) is 24.1 Å². The first-order chi connectivity index (χ1) is 9.97. The van der Waals surface area contributed by atoms with Crippen LogP contribution in [-0.2, 0) is 6.42 Å².